The SMILES string of the molecule is C1CCCCC1.CCc1ssc(=S)c1Cc1ccccc1. The van der Waals surface area contributed by atoms with Gasteiger partial charge in [-0.2, -0.15) is 0 Å². The van der Waals surface area contributed by atoms with Crippen molar-refractivity contribution < 1.29 is 0 Å². The van der Waals surface area contributed by atoms with Crippen LogP contribution in [0.2, 0.25) is 0 Å². The molecule has 0 aliphatic heterocycles. The third-order valence-electron chi connectivity index (χ3n) is 3.85. The van der Waals surface area contributed by atoms with Crippen molar-refractivity contribution in [1.82, 2.24) is 0 Å². The smallest absolute Gasteiger partial charge is 0.0834 e. The molecular weight excluding hydrogens is 312 g/mol. The second-order valence-corrected chi connectivity index (χ2v) is 8.39. The van der Waals surface area contributed by atoms with Crippen molar-refractivity contribution in [1.29, 1.82) is 0 Å². The van der Waals surface area contributed by atoms with Gasteiger partial charge in [-0.15, -0.1) is 0 Å². The molecule has 1 aromatic heterocycles. The van der Waals surface area contributed by atoms with Crippen LogP contribution in [0.15, 0.2) is 30.3 Å². The Morgan fingerprint density at radius 2 is 1.48 bits per heavy atom. The van der Waals surface area contributed by atoms with Gasteiger partial charge in [0.05, 0.1) is 0 Å². The number of benzene rings is 1. The van der Waals surface area contributed by atoms with Gasteiger partial charge in [-0.25, -0.2) is 0 Å². The first-order chi connectivity index (χ1) is 10.3. The fourth-order valence-corrected chi connectivity index (χ4v) is 5.59. The van der Waals surface area contributed by atoms with Crippen molar-refractivity contribution >= 4 is 32.9 Å². The lowest BCUT2D eigenvalue weighted by atomic mass is 10.0. The molecule has 0 saturated heterocycles. The molecule has 0 radical (unpaired) electrons. The van der Waals surface area contributed by atoms with E-state index >= 15 is 0 Å². The zero-order valence-corrected chi connectivity index (χ0v) is 15.2. The van der Waals surface area contributed by atoms with E-state index in [4.69, 9.17) is 12.2 Å². The second kappa shape index (κ2) is 9.50. The van der Waals surface area contributed by atoms with Crippen molar-refractivity contribution in [2.45, 2.75) is 58.3 Å². The summed E-state index contributed by atoms with van der Waals surface area (Å²) >= 11 is 5.37. The van der Waals surface area contributed by atoms with Gasteiger partial charge in [0.25, 0.3) is 0 Å². The van der Waals surface area contributed by atoms with Gasteiger partial charge < -0.3 is 0 Å². The van der Waals surface area contributed by atoms with Crippen LogP contribution in [0.25, 0.3) is 0 Å². The van der Waals surface area contributed by atoms with Crippen LogP contribution in [-0.4, -0.2) is 0 Å². The van der Waals surface area contributed by atoms with Crippen LogP contribution >= 0.6 is 32.9 Å². The molecule has 0 unspecified atom stereocenters. The molecule has 0 spiro atoms. The summed E-state index contributed by atoms with van der Waals surface area (Å²) in [6, 6.07) is 10.5. The minimum atomic E-state index is 0.989. The molecule has 0 amide bonds. The van der Waals surface area contributed by atoms with Gasteiger partial charge in [-0.3, -0.25) is 0 Å². The van der Waals surface area contributed by atoms with E-state index in [1.807, 2.05) is 10.3 Å². The van der Waals surface area contributed by atoms with E-state index in [1.165, 1.54) is 54.5 Å². The highest BCUT2D eigenvalue weighted by molar-refractivity contribution is 7.79. The largest absolute Gasteiger partial charge is 0.105 e. The van der Waals surface area contributed by atoms with Gasteiger partial charge in [-0.05, 0) is 17.5 Å². The molecule has 1 aromatic carbocycles. The molecular formula is C18H24S3. The molecule has 1 saturated carbocycles. The summed E-state index contributed by atoms with van der Waals surface area (Å²) in [5.74, 6) is 0. The molecule has 21 heavy (non-hydrogen) atoms. The highest BCUT2D eigenvalue weighted by Gasteiger charge is 2.07. The number of rotatable bonds is 3. The Morgan fingerprint density at radius 3 is 2.00 bits per heavy atom. The quantitative estimate of drug-likeness (QED) is 0.428. The summed E-state index contributed by atoms with van der Waals surface area (Å²) in [6.45, 7) is 2.20. The van der Waals surface area contributed by atoms with E-state index in [-0.39, 0.29) is 0 Å². The second-order valence-electron chi connectivity index (χ2n) is 5.49. The first-order valence-corrected chi connectivity index (χ1v) is 10.5. The topological polar surface area (TPSA) is 0 Å². The van der Waals surface area contributed by atoms with Crippen LogP contribution in [0.4, 0.5) is 0 Å². The third-order valence-corrected chi connectivity index (χ3v) is 7.23. The molecule has 1 heterocycles. The van der Waals surface area contributed by atoms with Crippen molar-refractivity contribution in [2.75, 3.05) is 0 Å². The monoisotopic (exact) mass is 336 g/mol. The lowest BCUT2D eigenvalue weighted by Gasteiger charge is -2.05. The maximum atomic E-state index is 5.37. The molecule has 1 fully saturated rings. The predicted molar refractivity (Wildman–Crippen MR) is 99.4 cm³/mol. The zero-order chi connectivity index (χ0) is 14.9. The third kappa shape index (κ3) is 5.65. The molecule has 1 aliphatic carbocycles. The highest BCUT2D eigenvalue weighted by Crippen LogP contribution is 2.27. The van der Waals surface area contributed by atoms with Crippen molar-refractivity contribution in [2.24, 2.45) is 0 Å². The summed E-state index contributed by atoms with van der Waals surface area (Å²) in [5, 5.41) is 0. The average Bonchev–Trinajstić information content (AvgIpc) is 2.91. The summed E-state index contributed by atoms with van der Waals surface area (Å²) in [5.41, 5.74) is 2.72. The lowest BCUT2D eigenvalue weighted by Crippen LogP contribution is -1.90. The zero-order valence-electron chi connectivity index (χ0n) is 12.8. The highest BCUT2D eigenvalue weighted by atomic mass is 32.9. The fourth-order valence-electron chi connectivity index (χ4n) is 2.61. The predicted octanol–water partition coefficient (Wildman–Crippen LogP) is 7.03. The van der Waals surface area contributed by atoms with Gasteiger partial charge in [0.15, 0.2) is 0 Å². The van der Waals surface area contributed by atoms with Gasteiger partial charge in [-0.1, -0.05) is 109 Å². The van der Waals surface area contributed by atoms with Gasteiger partial charge >= 0.3 is 0 Å². The van der Waals surface area contributed by atoms with E-state index in [0.29, 0.717) is 0 Å². The van der Waals surface area contributed by atoms with Gasteiger partial charge in [0, 0.05) is 11.3 Å². The van der Waals surface area contributed by atoms with E-state index in [1.54, 1.807) is 10.3 Å². The van der Waals surface area contributed by atoms with Crippen molar-refractivity contribution in [3.05, 3.63) is 50.2 Å². The standard InChI is InChI=1S/C12H12S3.C6H12/c1-2-11-10(12(13)15-14-11)8-9-6-4-3-5-7-9;1-2-4-6-5-3-1/h3-7H,2,8H2,1H3;1-6H2. The first-order valence-electron chi connectivity index (χ1n) is 7.96. The van der Waals surface area contributed by atoms with Gasteiger partial charge in [0.1, 0.15) is 3.82 Å². The van der Waals surface area contributed by atoms with E-state index in [0.717, 1.165) is 16.7 Å². The average molecular weight is 337 g/mol. The Labute approximate surface area is 141 Å². The number of hydrogen-bond acceptors (Lipinski definition) is 3. The van der Waals surface area contributed by atoms with Crippen LogP contribution in [0, 0.1) is 3.82 Å². The van der Waals surface area contributed by atoms with Crippen LogP contribution < -0.4 is 0 Å². The van der Waals surface area contributed by atoms with Gasteiger partial charge in [0.2, 0.25) is 0 Å². The van der Waals surface area contributed by atoms with Crippen LogP contribution in [0.5, 0.6) is 0 Å². The Morgan fingerprint density at radius 1 is 0.905 bits per heavy atom. The molecule has 114 valence electrons. The molecule has 3 rings (SSSR count). The van der Waals surface area contributed by atoms with Crippen molar-refractivity contribution in [3.8, 4) is 0 Å². The molecule has 3 heteroatoms. The number of hydrogen-bond donors (Lipinski definition) is 0. The molecule has 0 N–H and O–H groups in total. The fraction of sp³-hybridized carbons (Fsp3) is 0.500. The van der Waals surface area contributed by atoms with Crippen LogP contribution in [0.3, 0.4) is 0 Å². The van der Waals surface area contributed by atoms with E-state index < -0.39 is 0 Å². The Balaban J connectivity index is 0.000000225. The molecule has 0 nitrogen and oxygen atoms in total. The molecule has 0 atom stereocenters. The maximum Gasteiger partial charge on any atom is 0.105 e. The minimum absolute atomic E-state index is 0.989. The van der Waals surface area contributed by atoms with Crippen LogP contribution in [-0.2, 0) is 12.8 Å². The van der Waals surface area contributed by atoms with E-state index in [2.05, 4.69) is 37.3 Å². The summed E-state index contributed by atoms with van der Waals surface area (Å²) in [6.07, 6.45) is 11.1. The molecule has 0 bridgehead atoms. The summed E-state index contributed by atoms with van der Waals surface area (Å²) in [4.78, 5) is 1.45. The lowest BCUT2D eigenvalue weighted by molar-refractivity contribution is 0.504. The van der Waals surface area contributed by atoms with Crippen LogP contribution in [0.1, 0.15) is 61.5 Å². The molecule has 1 aliphatic rings. The number of aryl methyl sites for hydroxylation is 1. The Bertz CT molecular complexity index is 550. The summed E-state index contributed by atoms with van der Waals surface area (Å²) in [7, 11) is 3.56. The summed E-state index contributed by atoms with van der Waals surface area (Å²) < 4.78 is 1.07. The Kier molecular flexibility index (Phi) is 7.62. The minimum Gasteiger partial charge on any atom is -0.0834 e. The maximum absolute atomic E-state index is 5.37. The first kappa shape index (κ1) is 16.9. The molecule has 2 aromatic rings. The van der Waals surface area contributed by atoms with Crippen molar-refractivity contribution in [3.63, 3.8) is 0 Å². The van der Waals surface area contributed by atoms with E-state index in [9.17, 15) is 0 Å². The Hall–Kier alpha value is -0.510. The normalized spacial score (nSPS) is 14.3.